The molecule has 2 N–H and O–H groups in total. The van der Waals surface area contributed by atoms with Gasteiger partial charge in [0.15, 0.2) is 0 Å². The van der Waals surface area contributed by atoms with E-state index in [1.165, 1.54) is 0 Å². The highest BCUT2D eigenvalue weighted by Gasteiger charge is 2.44. The Labute approximate surface area is 99.4 Å². The molecule has 1 rings (SSSR count). The first-order chi connectivity index (χ1) is 7.43. The molecule has 0 bridgehead atoms. The van der Waals surface area contributed by atoms with Crippen molar-refractivity contribution in [1.82, 2.24) is 4.90 Å². The molecule has 0 spiro atoms. The summed E-state index contributed by atoms with van der Waals surface area (Å²) in [6.45, 7) is 6.30. The Bertz CT molecular complexity index is 254. The third-order valence-electron chi connectivity index (χ3n) is 4.21. The SMILES string of the molecule is CCCC(C)N(C)C(=O)C1(C)CCCC1N. The van der Waals surface area contributed by atoms with Crippen LogP contribution in [-0.2, 0) is 4.79 Å². The third kappa shape index (κ3) is 2.40. The summed E-state index contributed by atoms with van der Waals surface area (Å²) in [5.74, 6) is 0.235. The summed E-state index contributed by atoms with van der Waals surface area (Å²) in [5, 5.41) is 0. The van der Waals surface area contributed by atoms with Crippen LogP contribution in [0, 0.1) is 5.41 Å². The van der Waals surface area contributed by atoms with Crippen LogP contribution in [0.5, 0.6) is 0 Å². The summed E-state index contributed by atoms with van der Waals surface area (Å²) in [4.78, 5) is 14.3. The molecule has 16 heavy (non-hydrogen) atoms. The van der Waals surface area contributed by atoms with Gasteiger partial charge < -0.3 is 10.6 Å². The molecule has 0 aromatic rings. The third-order valence-corrected chi connectivity index (χ3v) is 4.21. The molecular formula is C13H26N2O. The van der Waals surface area contributed by atoms with Crippen molar-refractivity contribution in [1.29, 1.82) is 0 Å². The standard InChI is InChI=1S/C13H26N2O/c1-5-7-10(2)15(4)12(16)13(3)9-6-8-11(13)14/h10-11H,5-9,14H2,1-4H3. The van der Waals surface area contributed by atoms with Crippen LogP contribution in [0.15, 0.2) is 0 Å². The molecule has 1 fully saturated rings. The molecule has 0 aromatic carbocycles. The highest BCUT2D eigenvalue weighted by atomic mass is 16.2. The molecule has 0 aliphatic heterocycles. The monoisotopic (exact) mass is 226 g/mol. The Morgan fingerprint density at radius 2 is 2.25 bits per heavy atom. The Balaban J connectivity index is 2.69. The fourth-order valence-electron chi connectivity index (χ4n) is 2.67. The van der Waals surface area contributed by atoms with Gasteiger partial charge in [-0.25, -0.2) is 0 Å². The molecule has 3 nitrogen and oxygen atoms in total. The summed E-state index contributed by atoms with van der Waals surface area (Å²) in [6.07, 6.45) is 5.18. The van der Waals surface area contributed by atoms with Crippen molar-refractivity contribution in [3.05, 3.63) is 0 Å². The molecule has 1 aliphatic rings. The van der Waals surface area contributed by atoms with Gasteiger partial charge in [0.05, 0.1) is 5.41 Å². The van der Waals surface area contributed by atoms with E-state index in [1.807, 2.05) is 18.9 Å². The lowest BCUT2D eigenvalue weighted by Gasteiger charge is -2.35. The minimum Gasteiger partial charge on any atom is -0.343 e. The number of carbonyl (C=O) groups is 1. The maximum Gasteiger partial charge on any atom is 0.230 e. The molecule has 0 saturated heterocycles. The van der Waals surface area contributed by atoms with E-state index >= 15 is 0 Å². The Kier molecular flexibility index (Phi) is 4.36. The number of carbonyl (C=O) groups excluding carboxylic acids is 1. The zero-order valence-electron chi connectivity index (χ0n) is 11.1. The van der Waals surface area contributed by atoms with Crippen LogP contribution in [0.1, 0.15) is 52.9 Å². The molecule has 3 atom stereocenters. The predicted molar refractivity (Wildman–Crippen MR) is 67.1 cm³/mol. The highest BCUT2D eigenvalue weighted by molar-refractivity contribution is 5.83. The Morgan fingerprint density at radius 3 is 2.69 bits per heavy atom. The average molecular weight is 226 g/mol. The zero-order chi connectivity index (χ0) is 12.3. The van der Waals surface area contributed by atoms with E-state index in [2.05, 4.69) is 13.8 Å². The lowest BCUT2D eigenvalue weighted by atomic mass is 9.83. The maximum atomic E-state index is 12.4. The minimum absolute atomic E-state index is 0.0382. The summed E-state index contributed by atoms with van der Waals surface area (Å²) in [5.41, 5.74) is 5.76. The van der Waals surface area contributed by atoms with Crippen LogP contribution in [0.2, 0.25) is 0 Å². The molecule has 94 valence electrons. The van der Waals surface area contributed by atoms with Gasteiger partial charge in [-0.15, -0.1) is 0 Å². The molecule has 0 heterocycles. The van der Waals surface area contributed by atoms with Crippen molar-refractivity contribution in [2.24, 2.45) is 11.1 Å². The molecule has 0 radical (unpaired) electrons. The first-order valence-electron chi connectivity index (χ1n) is 6.46. The van der Waals surface area contributed by atoms with Crippen molar-refractivity contribution >= 4 is 5.91 Å². The normalized spacial score (nSPS) is 31.4. The van der Waals surface area contributed by atoms with Crippen LogP contribution in [0.4, 0.5) is 0 Å². The van der Waals surface area contributed by atoms with Crippen LogP contribution in [-0.4, -0.2) is 29.9 Å². The molecular weight excluding hydrogens is 200 g/mol. The van der Waals surface area contributed by atoms with Crippen molar-refractivity contribution in [3.63, 3.8) is 0 Å². The number of rotatable bonds is 4. The van der Waals surface area contributed by atoms with Gasteiger partial charge >= 0.3 is 0 Å². The number of nitrogens with zero attached hydrogens (tertiary/aromatic N) is 1. The number of nitrogens with two attached hydrogens (primary N) is 1. The van der Waals surface area contributed by atoms with Gasteiger partial charge in [0.25, 0.3) is 0 Å². The van der Waals surface area contributed by atoms with Crippen LogP contribution >= 0.6 is 0 Å². The number of hydrogen-bond acceptors (Lipinski definition) is 2. The summed E-state index contributed by atoms with van der Waals surface area (Å²) in [7, 11) is 1.92. The second-order valence-electron chi connectivity index (χ2n) is 5.47. The van der Waals surface area contributed by atoms with Gasteiger partial charge in [-0.1, -0.05) is 19.8 Å². The molecule has 1 amide bonds. The van der Waals surface area contributed by atoms with Gasteiger partial charge in [0, 0.05) is 19.1 Å². The Hall–Kier alpha value is -0.570. The molecule has 3 heteroatoms. The van der Waals surface area contributed by atoms with Crippen molar-refractivity contribution in [2.75, 3.05) is 7.05 Å². The van der Waals surface area contributed by atoms with Crippen molar-refractivity contribution in [2.45, 2.75) is 65.0 Å². The van der Waals surface area contributed by atoms with E-state index in [-0.39, 0.29) is 17.4 Å². The summed E-state index contributed by atoms with van der Waals surface area (Å²) >= 11 is 0. The quantitative estimate of drug-likeness (QED) is 0.798. The van der Waals surface area contributed by atoms with Gasteiger partial charge in [0.2, 0.25) is 5.91 Å². The van der Waals surface area contributed by atoms with Crippen LogP contribution < -0.4 is 5.73 Å². The van der Waals surface area contributed by atoms with E-state index in [0.717, 1.165) is 32.1 Å². The maximum absolute atomic E-state index is 12.4. The van der Waals surface area contributed by atoms with E-state index in [0.29, 0.717) is 6.04 Å². The van der Waals surface area contributed by atoms with E-state index in [9.17, 15) is 4.79 Å². The minimum atomic E-state index is -0.323. The first kappa shape index (κ1) is 13.5. The van der Waals surface area contributed by atoms with E-state index < -0.39 is 0 Å². The summed E-state index contributed by atoms with van der Waals surface area (Å²) in [6, 6.07) is 0.360. The molecule has 1 aliphatic carbocycles. The zero-order valence-corrected chi connectivity index (χ0v) is 11.1. The average Bonchev–Trinajstić information content (AvgIpc) is 2.59. The lowest BCUT2D eigenvalue weighted by molar-refractivity contribution is -0.142. The van der Waals surface area contributed by atoms with Crippen molar-refractivity contribution in [3.8, 4) is 0 Å². The topological polar surface area (TPSA) is 46.3 Å². The van der Waals surface area contributed by atoms with Gasteiger partial charge in [-0.3, -0.25) is 4.79 Å². The summed E-state index contributed by atoms with van der Waals surface area (Å²) < 4.78 is 0. The van der Waals surface area contributed by atoms with Crippen LogP contribution in [0.25, 0.3) is 0 Å². The van der Waals surface area contributed by atoms with E-state index in [1.54, 1.807) is 0 Å². The fraction of sp³-hybridized carbons (Fsp3) is 0.923. The number of hydrogen-bond donors (Lipinski definition) is 1. The number of amides is 1. The van der Waals surface area contributed by atoms with Gasteiger partial charge in [-0.2, -0.15) is 0 Å². The highest BCUT2D eigenvalue weighted by Crippen LogP contribution is 2.38. The Morgan fingerprint density at radius 1 is 1.62 bits per heavy atom. The first-order valence-corrected chi connectivity index (χ1v) is 6.46. The molecule has 3 unspecified atom stereocenters. The predicted octanol–water partition coefficient (Wildman–Crippen LogP) is 2.15. The molecule has 0 aromatic heterocycles. The van der Waals surface area contributed by atoms with E-state index in [4.69, 9.17) is 5.73 Å². The van der Waals surface area contributed by atoms with Crippen LogP contribution in [0.3, 0.4) is 0 Å². The van der Waals surface area contributed by atoms with Gasteiger partial charge in [0.1, 0.15) is 0 Å². The largest absolute Gasteiger partial charge is 0.343 e. The lowest BCUT2D eigenvalue weighted by Crippen LogP contribution is -2.50. The van der Waals surface area contributed by atoms with Crippen molar-refractivity contribution < 1.29 is 4.79 Å². The smallest absolute Gasteiger partial charge is 0.230 e. The van der Waals surface area contributed by atoms with Gasteiger partial charge in [-0.05, 0) is 33.1 Å². The fourth-order valence-corrected chi connectivity index (χ4v) is 2.67. The second kappa shape index (κ2) is 5.17. The second-order valence-corrected chi connectivity index (χ2v) is 5.47. The molecule has 1 saturated carbocycles.